The van der Waals surface area contributed by atoms with Crippen LogP contribution in [0.3, 0.4) is 0 Å². The largest absolute Gasteiger partial charge is 0.495 e. The molecule has 0 aliphatic carbocycles. The number of ether oxygens (including phenoxy) is 1. The number of hydrogen-bond acceptors (Lipinski definition) is 6. The molecule has 0 unspecified atom stereocenters. The van der Waals surface area contributed by atoms with E-state index < -0.39 is 9.84 Å². The van der Waals surface area contributed by atoms with E-state index in [1.165, 1.54) is 0 Å². The van der Waals surface area contributed by atoms with Crippen molar-refractivity contribution in [1.29, 1.82) is 0 Å². The van der Waals surface area contributed by atoms with E-state index in [2.05, 4.69) is 10.4 Å². The van der Waals surface area contributed by atoms with Crippen molar-refractivity contribution in [1.82, 2.24) is 14.8 Å². The first-order chi connectivity index (χ1) is 16.8. The molecule has 1 N–H and O–H groups in total. The van der Waals surface area contributed by atoms with Gasteiger partial charge in [0.2, 0.25) is 0 Å². The van der Waals surface area contributed by atoms with Gasteiger partial charge in [-0.05, 0) is 44.0 Å². The highest BCUT2D eigenvalue weighted by molar-refractivity contribution is 7.91. The Bertz CT molecular complexity index is 1540. The quantitative estimate of drug-likeness (QED) is 0.447. The first-order valence-electron chi connectivity index (χ1n) is 11.4. The Morgan fingerprint density at radius 2 is 1.89 bits per heavy atom. The monoisotopic (exact) mass is 490 g/mol. The molecule has 1 aliphatic rings. The second-order valence-corrected chi connectivity index (χ2v) is 11.1. The molecule has 3 heterocycles. The summed E-state index contributed by atoms with van der Waals surface area (Å²) in [6.45, 7) is 3.76. The number of nitrogens with zero attached hydrogens (tertiary/aromatic N) is 3. The minimum absolute atomic E-state index is 0.0164. The predicted octanol–water partition coefficient (Wildman–Crippen LogP) is 4.34. The average Bonchev–Trinajstić information content (AvgIpc) is 3.37. The molecule has 9 heteroatoms. The van der Waals surface area contributed by atoms with Crippen molar-refractivity contribution in [2.45, 2.75) is 26.3 Å². The number of anilines is 1. The summed E-state index contributed by atoms with van der Waals surface area (Å²) >= 11 is 0. The van der Waals surface area contributed by atoms with Gasteiger partial charge < -0.3 is 10.1 Å². The summed E-state index contributed by atoms with van der Waals surface area (Å²) in [6, 6.07) is 16.6. The van der Waals surface area contributed by atoms with Gasteiger partial charge in [0, 0.05) is 5.56 Å². The molecule has 1 amide bonds. The molecule has 0 bridgehead atoms. The zero-order valence-electron chi connectivity index (χ0n) is 19.8. The number of amides is 1. The van der Waals surface area contributed by atoms with Crippen molar-refractivity contribution in [3.05, 3.63) is 71.4 Å². The molecule has 8 nitrogen and oxygen atoms in total. The van der Waals surface area contributed by atoms with Gasteiger partial charge in [-0.1, -0.05) is 36.4 Å². The molecule has 2 aromatic carbocycles. The molecule has 0 saturated carbocycles. The van der Waals surface area contributed by atoms with Gasteiger partial charge >= 0.3 is 0 Å². The van der Waals surface area contributed by atoms with Gasteiger partial charge in [0.1, 0.15) is 5.75 Å². The number of nitrogens with one attached hydrogen (secondary N) is 1. The van der Waals surface area contributed by atoms with Gasteiger partial charge in [-0.3, -0.25) is 4.79 Å². The van der Waals surface area contributed by atoms with Crippen LogP contribution in [0.25, 0.3) is 22.3 Å². The molecule has 35 heavy (non-hydrogen) atoms. The molecule has 4 aromatic rings. The summed E-state index contributed by atoms with van der Waals surface area (Å²) in [5.74, 6) is 0.376. The third kappa shape index (κ3) is 4.39. The second kappa shape index (κ2) is 8.81. The maximum absolute atomic E-state index is 13.6. The van der Waals surface area contributed by atoms with E-state index in [1.54, 1.807) is 17.9 Å². The van der Waals surface area contributed by atoms with Crippen LogP contribution in [0, 0.1) is 13.8 Å². The van der Waals surface area contributed by atoms with E-state index >= 15 is 0 Å². The normalized spacial score (nSPS) is 16.9. The van der Waals surface area contributed by atoms with Gasteiger partial charge in [-0.25, -0.2) is 18.1 Å². The van der Waals surface area contributed by atoms with Crippen LogP contribution >= 0.6 is 0 Å². The molecule has 1 aliphatic heterocycles. The number of benzene rings is 2. The maximum atomic E-state index is 13.6. The summed E-state index contributed by atoms with van der Waals surface area (Å²) in [5, 5.41) is 8.25. The summed E-state index contributed by atoms with van der Waals surface area (Å²) in [6.07, 6.45) is 0.470. The molecular weight excluding hydrogens is 464 g/mol. The number of aryl methyl sites for hydroxylation is 2. The fraction of sp³-hybridized carbons (Fsp3) is 0.269. The van der Waals surface area contributed by atoms with E-state index in [9.17, 15) is 13.2 Å². The van der Waals surface area contributed by atoms with E-state index in [4.69, 9.17) is 9.72 Å². The zero-order valence-corrected chi connectivity index (χ0v) is 20.6. The number of pyridine rings is 1. The predicted molar refractivity (Wildman–Crippen MR) is 136 cm³/mol. The smallest absolute Gasteiger partial charge is 0.256 e. The lowest BCUT2D eigenvalue weighted by Gasteiger charge is -2.14. The highest BCUT2D eigenvalue weighted by atomic mass is 32.2. The third-order valence-corrected chi connectivity index (χ3v) is 8.06. The third-order valence-electron chi connectivity index (χ3n) is 6.31. The number of carbonyl (C=O) groups is 1. The Hall–Kier alpha value is -3.72. The van der Waals surface area contributed by atoms with E-state index in [0.717, 1.165) is 11.1 Å². The fourth-order valence-corrected chi connectivity index (χ4v) is 6.27. The Kier molecular flexibility index (Phi) is 5.80. The van der Waals surface area contributed by atoms with Crippen molar-refractivity contribution in [2.75, 3.05) is 23.9 Å². The van der Waals surface area contributed by atoms with Gasteiger partial charge in [-0.2, -0.15) is 5.10 Å². The Balaban J connectivity index is 1.68. The molecule has 1 fully saturated rings. The SMILES string of the molecule is COc1ccc(C)cc1NC(=O)c1cc(-c2ccccc2)nc2c1c(C)nn2[C@H]1CCS(=O)(=O)C1. The lowest BCUT2D eigenvalue weighted by atomic mass is 10.0. The molecule has 180 valence electrons. The van der Waals surface area contributed by atoms with Crippen LogP contribution in [-0.2, 0) is 9.84 Å². The lowest BCUT2D eigenvalue weighted by molar-refractivity contribution is 0.102. The second-order valence-electron chi connectivity index (χ2n) is 8.86. The topological polar surface area (TPSA) is 103 Å². The van der Waals surface area contributed by atoms with Gasteiger partial charge in [0.25, 0.3) is 5.91 Å². The van der Waals surface area contributed by atoms with Crippen molar-refractivity contribution < 1.29 is 17.9 Å². The van der Waals surface area contributed by atoms with Crippen molar-refractivity contribution in [2.24, 2.45) is 0 Å². The van der Waals surface area contributed by atoms with Gasteiger partial charge in [-0.15, -0.1) is 0 Å². The van der Waals surface area contributed by atoms with Crippen LogP contribution in [0.5, 0.6) is 5.75 Å². The molecule has 0 radical (unpaired) electrons. The van der Waals surface area contributed by atoms with Crippen molar-refractivity contribution in [3.63, 3.8) is 0 Å². The Morgan fingerprint density at radius 1 is 1.11 bits per heavy atom. The van der Waals surface area contributed by atoms with E-state index in [-0.39, 0.29) is 23.5 Å². The van der Waals surface area contributed by atoms with Gasteiger partial charge in [0.05, 0.1) is 52.7 Å². The van der Waals surface area contributed by atoms with Crippen molar-refractivity contribution >= 4 is 32.5 Å². The fourth-order valence-electron chi connectivity index (χ4n) is 4.58. The van der Waals surface area contributed by atoms with Crippen LogP contribution < -0.4 is 10.1 Å². The van der Waals surface area contributed by atoms with E-state index in [1.807, 2.05) is 62.4 Å². The summed E-state index contributed by atoms with van der Waals surface area (Å²) in [5.41, 5.74) is 4.56. The van der Waals surface area contributed by atoms with Crippen LogP contribution in [0.15, 0.2) is 54.6 Å². The van der Waals surface area contributed by atoms with Gasteiger partial charge in [0.15, 0.2) is 15.5 Å². The van der Waals surface area contributed by atoms with Crippen LogP contribution in [0.2, 0.25) is 0 Å². The minimum atomic E-state index is -3.13. The van der Waals surface area contributed by atoms with Crippen LogP contribution in [-0.4, -0.2) is 47.7 Å². The molecule has 1 saturated heterocycles. The molecule has 0 spiro atoms. The number of rotatable bonds is 5. The molecular formula is C26H26N4O4S. The minimum Gasteiger partial charge on any atom is -0.495 e. The Morgan fingerprint density at radius 3 is 2.57 bits per heavy atom. The number of sulfone groups is 1. The highest BCUT2D eigenvalue weighted by Crippen LogP contribution is 2.33. The maximum Gasteiger partial charge on any atom is 0.256 e. The molecule has 5 rings (SSSR count). The molecule has 2 aromatic heterocycles. The highest BCUT2D eigenvalue weighted by Gasteiger charge is 2.32. The summed E-state index contributed by atoms with van der Waals surface area (Å²) in [7, 11) is -1.57. The first kappa shape index (κ1) is 23.0. The van der Waals surface area contributed by atoms with E-state index in [0.29, 0.717) is 45.8 Å². The lowest BCUT2D eigenvalue weighted by Crippen LogP contribution is -2.15. The molecule has 1 atom stereocenters. The van der Waals surface area contributed by atoms with Crippen LogP contribution in [0.1, 0.15) is 34.1 Å². The number of carbonyl (C=O) groups excluding carboxylic acids is 1. The van der Waals surface area contributed by atoms with Crippen LogP contribution in [0.4, 0.5) is 5.69 Å². The van der Waals surface area contributed by atoms with Crippen molar-refractivity contribution in [3.8, 4) is 17.0 Å². The first-order valence-corrected chi connectivity index (χ1v) is 13.2. The summed E-state index contributed by atoms with van der Waals surface area (Å²) < 4.78 is 31.5. The zero-order chi connectivity index (χ0) is 24.7. The number of hydrogen-bond donors (Lipinski definition) is 1. The number of methoxy groups -OCH3 is 1. The number of aromatic nitrogens is 3. The summed E-state index contributed by atoms with van der Waals surface area (Å²) in [4.78, 5) is 18.5. The average molecular weight is 491 g/mol. The standard InChI is InChI=1S/C26H26N4O4S/c1-16-9-10-23(34-3)22(13-16)28-26(31)20-14-21(18-7-5-4-6-8-18)27-25-24(20)17(2)29-30(25)19-11-12-35(32,33)15-19/h4-10,13-14,19H,11-12,15H2,1-3H3,(H,28,31)/t19-/m0/s1. The number of fused-ring (bicyclic) bond motifs is 1. The Labute approximate surface area is 203 Å².